The van der Waals surface area contributed by atoms with Crippen molar-refractivity contribution >= 4 is 11.8 Å². The van der Waals surface area contributed by atoms with Gasteiger partial charge in [0.25, 0.3) is 5.91 Å². The van der Waals surface area contributed by atoms with Gasteiger partial charge in [0.05, 0.1) is 0 Å². The summed E-state index contributed by atoms with van der Waals surface area (Å²) in [5.74, 6) is -0.492. The lowest BCUT2D eigenvalue weighted by Gasteiger charge is -2.29. The van der Waals surface area contributed by atoms with E-state index in [0.717, 1.165) is 17.5 Å². The van der Waals surface area contributed by atoms with Gasteiger partial charge in [0.2, 0.25) is 5.91 Å². The summed E-state index contributed by atoms with van der Waals surface area (Å²) in [6, 6.07) is 11.2. The van der Waals surface area contributed by atoms with Gasteiger partial charge < -0.3 is 15.0 Å². The molecule has 2 aromatic rings. The summed E-state index contributed by atoms with van der Waals surface area (Å²) in [5, 5.41) is 2.89. The Hall–Kier alpha value is -2.89. The second-order valence-electron chi connectivity index (χ2n) is 7.72. The first kappa shape index (κ1) is 23.4. The van der Waals surface area contributed by atoms with E-state index in [0.29, 0.717) is 11.3 Å². The molecule has 5 nitrogen and oxygen atoms in total. The molecule has 30 heavy (non-hydrogen) atoms. The molecule has 2 rings (SSSR count). The van der Waals surface area contributed by atoms with Crippen molar-refractivity contribution in [2.24, 2.45) is 0 Å². The zero-order valence-electron chi connectivity index (χ0n) is 18.4. The Morgan fingerprint density at radius 2 is 1.73 bits per heavy atom. The number of carbonyl (C=O) groups excluding carboxylic acids is 2. The fraction of sp³-hybridized carbons (Fsp3) is 0.417. The summed E-state index contributed by atoms with van der Waals surface area (Å²) >= 11 is 0. The highest BCUT2D eigenvalue weighted by atomic mass is 19.1. The van der Waals surface area contributed by atoms with Crippen LogP contribution in [0.25, 0.3) is 0 Å². The van der Waals surface area contributed by atoms with Gasteiger partial charge >= 0.3 is 0 Å². The Morgan fingerprint density at radius 1 is 1.10 bits per heavy atom. The van der Waals surface area contributed by atoms with Gasteiger partial charge in [-0.1, -0.05) is 31.2 Å². The lowest BCUT2D eigenvalue weighted by molar-refractivity contribution is -0.142. The Balaban J connectivity index is 2.19. The van der Waals surface area contributed by atoms with Gasteiger partial charge in [0.1, 0.15) is 17.6 Å². The van der Waals surface area contributed by atoms with Gasteiger partial charge in [0, 0.05) is 18.2 Å². The number of nitrogens with zero attached hydrogens (tertiary/aromatic N) is 1. The first-order valence-electron chi connectivity index (χ1n) is 10.3. The van der Waals surface area contributed by atoms with Gasteiger partial charge in [-0.25, -0.2) is 4.39 Å². The molecule has 6 heteroatoms. The van der Waals surface area contributed by atoms with E-state index in [1.165, 1.54) is 11.0 Å². The molecule has 2 amide bonds. The Morgan fingerprint density at radius 3 is 2.33 bits per heavy atom. The van der Waals surface area contributed by atoms with E-state index in [1.807, 2.05) is 45.9 Å². The van der Waals surface area contributed by atoms with Crippen molar-refractivity contribution in [1.29, 1.82) is 0 Å². The zero-order chi connectivity index (χ0) is 22.3. The fourth-order valence-electron chi connectivity index (χ4n) is 3.10. The highest BCUT2D eigenvalue weighted by molar-refractivity contribution is 5.88. The number of benzene rings is 2. The lowest BCUT2D eigenvalue weighted by Crippen LogP contribution is -2.50. The molecule has 2 atom stereocenters. The molecule has 0 heterocycles. The molecule has 0 unspecified atom stereocenters. The highest BCUT2D eigenvalue weighted by Crippen LogP contribution is 2.18. The average Bonchev–Trinajstić information content (AvgIpc) is 2.70. The molecule has 1 N–H and O–H groups in total. The van der Waals surface area contributed by atoms with Crippen LogP contribution in [0.1, 0.15) is 43.9 Å². The largest absolute Gasteiger partial charge is 0.484 e. The number of nitrogens with one attached hydrogen (secondary N) is 1. The van der Waals surface area contributed by atoms with Crippen LogP contribution in [0.15, 0.2) is 42.5 Å². The number of amides is 2. The molecule has 0 aliphatic rings. The molecular formula is C24H31FN2O3. The molecule has 0 bridgehead atoms. The van der Waals surface area contributed by atoms with E-state index in [2.05, 4.69) is 5.32 Å². The number of hydrogen-bond donors (Lipinski definition) is 1. The standard InChI is InChI=1S/C24H31FN2O3/c1-6-18(4)26-24(29)19(5)27(14-20-9-7-8-10-22(20)25)23(28)15-30-21-12-16(2)11-17(3)13-21/h7-13,18-19H,6,14-15H2,1-5H3,(H,26,29)/t18-,19+/m0/s1. The number of carbonyl (C=O) groups is 2. The van der Waals surface area contributed by atoms with Gasteiger partial charge in [-0.15, -0.1) is 0 Å². The van der Waals surface area contributed by atoms with Crippen LogP contribution in [-0.2, 0) is 16.1 Å². The Labute approximate surface area is 178 Å². The van der Waals surface area contributed by atoms with Crippen LogP contribution in [0.4, 0.5) is 4.39 Å². The average molecular weight is 415 g/mol. The molecular weight excluding hydrogens is 383 g/mol. The number of rotatable bonds is 9. The molecule has 0 aliphatic heterocycles. The first-order valence-corrected chi connectivity index (χ1v) is 10.3. The second-order valence-corrected chi connectivity index (χ2v) is 7.72. The highest BCUT2D eigenvalue weighted by Gasteiger charge is 2.27. The summed E-state index contributed by atoms with van der Waals surface area (Å²) in [6.07, 6.45) is 0.773. The fourth-order valence-corrected chi connectivity index (χ4v) is 3.10. The summed E-state index contributed by atoms with van der Waals surface area (Å²) in [4.78, 5) is 27.0. The zero-order valence-corrected chi connectivity index (χ0v) is 18.4. The first-order chi connectivity index (χ1) is 14.2. The van der Waals surface area contributed by atoms with Crippen LogP contribution in [0, 0.1) is 19.7 Å². The van der Waals surface area contributed by atoms with Crippen LogP contribution in [0.5, 0.6) is 5.75 Å². The lowest BCUT2D eigenvalue weighted by atomic mass is 10.1. The minimum absolute atomic E-state index is 0.0168. The van der Waals surface area contributed by atoms with Crippen molar-refractivity contribution in [3.63, 3.8) is 0 Å². The molecule has 0 aromatic heterocycles. The van der Waals surface area contributed by atoms with E-state index >= 15 is 0 Å². The molecule has 0 fully saturated rings. The van der Waals surface area contributed by atoms with Crippen molar-refractivity contribution in [3.05, 3.63) is 65.0 Å². The number of halogens is 1. The molecule has 162 valence electrons. The van der Waals surface area contributed by atoms with Crippen LogP contribution in [0.3, 0.4) is 0 Å². The molecule has 2 aromatic carbocycles. The molecule has 0 aliphatic carbocycles. The van der Waals surface area contributed by atoms with Crippen molar-refractivity contribution in [1.82, 2.24) is 10.2 Å². The smallest absolute Gasteiger partial charge is 0.261 e. The van der Waals surface area contributed by atoms with E-state index in [4.69, 9.17) is 4.74 Å². The molecule has 0 saturated heterocycles. The molecule has 0 radical (unpaired) electrons. The number of aryl methyl sites for hydroxylation is 2. The maximum atomic E-state index is 14.2. The van der Waals surface area contributed by atoms with Crippen molar-refractivity contribution in [2.75, 3.05) is 6.61 Å². The van der Waals surface area contributed by atoms with Crippen molar-refractivity contribution < 1.29 is 18.7 Å². The normalized spacial score (nSPS) is 12.7. The van der Waals surface area contributed by atoms with Crippen LogP contribution in [0.2, 0.25) is 0 Å². The van der Waals surface area contributed by atoms with Crippen LogP contribution >= 0.6 is 0 Å². The summed E-state index contributed by atoms with van der Waals surface area (Å²) in [5.41, 5.74) is 2.41. The van der Waals surface area contributed by atoms with Crippen molar-refractivity contribution in [3.8, 4) is 5.75 Å². The van der Waals surface area contributed by atoms with Crippen LogP contribution in [-0.4, -0.2) is 35.4 Å². The predicted octanol–water partition coefficient (Wildman–Crippen LogP) is 4.15. The van der Waals surface area contributed by atoms with E-state index in [1.54, 1.807) is 25.1 Å². The second kappa shape index (κ2) is 10.8. The SMILES string of the molecule is CC[C@H](C)NC(=O)[C@@H](C)N(Cc1ccccc1F)C(=O)COc1cc(C)cc(C)c1. The summed E-state index contributed by atoms with van der Waals surface area (Å²) in [6.45, 7) is 9.16. The quantitative estimate of drug-likeness (QED) is 0.671. The van der Waals surface area contributed by atoms with Gasteiger partial charge in [-0.05, 0) is 63.4 Å². The van der Waals surface area contributed by atoms with Gasteiger partial charge in [-0.3, -0.25) is 9.59 Å². The summed E-state index contributed by atoms with van der Waals surface area (Å²) in [7, 11) is 0. The van der Waals surface area contributed by atoms with Gasteiger partial charge in [-0.2, -0.15) is 0 Å². The minimum Gasteiger partial charge on any atom is -0.484 e. The molecule has 0 spiro atoms. The Kier molecular flexibility index (Phi) is 8.39. The third kappa shape index (κ3) is 6.58. The monoisotopic (exact) mass is 414 g/mol. The number of hydrogen-bond acceptors (Lipinski definition) is 3. The van der Waals surface area contributed by atoms with E-state index < -0.39 is 11.9 Å². The topological polar surface area (TPSA) is 58.6 Å². The maximum Gasteiger partial charge on any atom is 0.261 e. The van der Waals surface area contributed by atoms with Gasteiger partial charge in [0.15, 0.2) is 6.61 Å². The predicted molar refractivity (Wildman–Crippen MR) is 116 cm³/mol. The third-order valence-electron chi connectivity index (χ3n) is 5.02. The van der Waals surface area contributed by atoms with E-state index in [9.17, 15) is 14.0 Å². The minimum atomic E-state index is -0.769. The van der Waals surface area contributed by atoms with E-state index in [-0.39, 0.29) is 31.0 Å². The maximum absolute atomic E-state index is 14.2. The summed E-state index contributed by atoms with van der Waals surface area (Å²) < 4.78 is 19.9. The van der Waals surface area contributed by atoms with Crippen molar-refractivity contribution in [2.45, 2.75) is 59.7 Å². The molecule has 0 saturated carbocycles. The Bertz CT molecular complexity index is 864. The number of ether oxygens (including phenoxy) is 1. The third-order valence-corrected chi connectivity index (χ3v) is 5.02. The van der Waals surface area contributed by atoms with Crippen LogP contribution < -0.4 is 10.1 Å².